The minimum absolute atomic E-state index is 0.448. The number of hydrogen-bond acceptors (Lipinski definition) is 5. The van der Waals surface area contributed by atoms with Crippen LogP contribution >= 0.6 is 0 Å². The highest BCUT2D eigenvalue weighted by Crippen LogP contribution is 2.29. The number of nitrogens with one attached hydrogen (secondary N) is 2. The molecule has 0 aromatic carbocycles. The van der Waals surface area contributed by atoms with Crippen LogP contribution in [0.5, 0.6) is 0 Å². The molecule has 0 spiro atoms. The molecular formula is C22H33N7. The van der Waals surface area contributed by atoms with Gasteiger partial charge in [0.2, 0.25) is 0 Å². The first kappa shape index (κ1) is 19.9. The van der Waals surface area contributed by atoms with Crippen molar-refractivity contribution >= 4 is 11.5 Å². The number of aromatic nitrogens is 5. The average Bonchev–Trinajstić information content (AvgIpc) is 3.37. The Balaban J connectivity index is 1.72. The largest absolute Gasteiger partial charge is 0.370 e. The number of nitrogens with zero attached hydrogens (tertiary/aromatic N) is 5. The molecule has 3 aromatic rings. The second-order valence-electron chi connectivity index (χ2n) is 8.25. The third kappa shape index (κ3) is 4.29. The normalized spacial score (nSPS) is 18.2. The van der Waals surface area contributed by atoms with E-state index in [1.807, 2.05) is 34.8 Å². The quantitative estimate of drug-likeness (QED) is 0.606. The summed E-state index contributed by atoms with van der Waals surface area (Å²) in [5.41, 5.74) is 4.15. The maximum atomic E-state index is 5.07. The van der Waals surface area contributed by atoms with E-state index in [2.05, 4.69) is 40.7 Å². The Kier molecular flexibility index (Phi) is 6.13. The highest BCUT2D eigenvalue weighted by atomic mass is 15.3. The fraction of sp³-hybridized carbons (Fsp3) is 0.591. The van der Waals surface area contributed by atoms with Gasteiger partial charge in [-0.3, -0.25) is 4.68 Å². The van der Waals surface area contributed by atoms with Crippen molar-refractivity contribution in [3.8, 4) is 11.1 Å². The molecule has 2 unspecified atom stereocenters. The number of aryl methyl sites for hydroxylation is 1. The predicted octanol–water partition coefficient (Wildman–Crippen LogP) is 3.84. The lowest BCUT2D eigenvalue weighted by Gasteiger charge is -2.23. The van der Waals surface area contributed by atoms with Crippen molar-refractivity contribution < 1.29 is 0 Å². The van der Waals surface area contributed by atoms with Gasteiger partial charge < -0.3 is 10.6 Å². The summed E-state index contributed by atoms with van der Waals surface area (Å²) in [6.07, 6.45) is 11.9. The molecule has 7 heteroatoms. The zero-order chi connectivity index (χ0) is 20.2. The molecule has 3 aromatic heterocycles. The lowest BCUT2D eigenvalue weighted by molar-refractivity contribution is 0.454. The van der Waals surface area contributed by atoms with Gasteiger partial charge >= 0.3 is 0 Å². The van der Waals surface area contributed by atoms with Crippen LogP contribution in [0.15, 0.2) is 24.7 Å². The predicted molar refractivity (Wildman–Crippen MR) is 117 cm³/mol. The fourth-order valence-electron chi connectivity index (χ4n) is 4.29. The molecule has 7 nitrogen and oxygen atoms in total. The van der Waals surface area contributed by atoms with Gasteiger partial charge in [0.15, 0.2) is 5.65 Å². The van der Waals surface area contributed by atoms with Gasteiger partial charge in [0.05, 0.1) is 18.1 Å². The smallest absolute Gasteiger partial charge is 0.165 e. The Bertz CT molecular complexity index is 936. The zero-order valence-electron chi connectivity index (χ0n) is 17.9. The van der Waals surface area contributed by atoms with Crippen LogP contribution in [-0.2, 0) is 7.05 Å². The first-order valence-corrected chi connectivity index (χ1v) is 11.0. The van der Waals surface area contributed by atoms with Gasteiger partial charge in [0, 0.05) is 49.4 Å². The molecule has 4 heterocycles. The van der Waals surface area contributed by atoms with Crippen molar-refractivity contribution in [2.45, 2.75) is 51.9 Å². The summed E-state index contributed by atoms with van der Waals surface area (Å²) in [4.78, 5) is 5.07. The number of hydrogen-bond donors (Lipinski definition) is 2. The van der Waals surface area contributed by atoms with Crippen molar-refractivity contribution in [1.82, 2.24) is 29.7 Å². The molecule has 0 amide bonds. The Morgan fingerprint density at radius 1 is 1.28 bits per heavy atom. The maximum Gasteiger partial charge on any atom is 0.165 e. The topological polar surface area (TPSA) is 72.1 Å². The molecule has 29 heavy (non-hydrogen) atoms. The monoisotopic (exact) mass is 395 g/mol. The van der Waals surface area contributed by atoms with Crippen LogP contribution < -0.4 is 10.6 Å². The van der Waals surface area contributed by atoms with Crippen molar-refractivity contribution in [3.05, 3.63) is 30.4 Å². The Morgan fingerprint density at radius 2 is 2.17 bits per heavy atom. The van der Waals surface area contributed by atoms with Gasteiger partial charge in [-0.15, -0.1) is 0 Å². The summed E-state index contributed by atoms with van der Waals surface area (Å²) in [6, 6.07) is 2.21. The van der Waals surface area contributed by atoms with Crippen molar-refractivity contribution in [2.75, 3.05) is 25.0 Å². The standard InChI is InChI=1S/C22H33N7/c1-4-7-16(5-2)11-24-21-10-20(17-8-6-9-23-12-17)27-22-19(14-26-29(21)22)18-13-25-28(3)15-18/h10,13-17,23-24H,4-9,11-12H2,1-3H3. The highest BCUT2D eigenvalue weighted by Gasteiger charge is 2.21. The fourth-order valence-corrected chi connectivity index (χ4v) is 4.29. The summed E-state index contributed by atoms with van der Waals surface area (Å²) < 4.78 is 3.78. The average molecular weight is 396 g/mol. The molecule has 4 rings (SSSR count). The van der Waals surface area contributed by atoms with E-state index in [0.29, 0.717) is 11.8 Å². The summed E-state index contributed by atoms with van der Waals surface area (Å²) in [6.45, 7) is 7.60. The molecule has 0 radical (unpaired) electrons. The molecule has 2 atom stereocenters. The van der Waals surface area contributed by atoms with Gasteiger partial charge in [-0.25, -0.2) is 4.98 Å². The number of rotatable bonds is 8. The lowest BCUT2D eigenvalue weighted by Crippen LogP contribution is -2.29. The molecule has 0 aliphatic carbocycles. The Hall–Kier alpha value is -2.41. The molecule has 0 saturated carbocycles. The third-order valence-electron chi connectivity index (χ3n) is 6.07. The molecule has 1 aliphatic heterocycles. The van der Waals surface area contributed by atoms with Gasteiger partial charge in [0.25, 0.3) is 0 Å². The first-order valence-electron chi connectivity index (χ1n) is 11.0. The van der Waals surface area contributed by atoms with Crippen molar-refractivity contribution in [2.24, 2.45) is 13.0 Å². The van der Waals surface area contributed by atoms with Crippen LogP contribution in [0.4, 0.5) is 5.82 Å². The summed E-state index contributed by atoms with van der Waals surface area (Å²) in [5.74, 6) is 2.17. The minimum Gasteiger partial charge on any atom is -0.370 e. The second-order valence-corrected chi connectivity index (χ2v) is 8.25. The lowest BCUT2D eigenvalue weighted by atomic mass is 9.95. The molecule has 156 valence electrons. The van der Waals surface area contributed by atoms with Crippen LogP contribution in [-0.4, -0.2) is 44.0 Å². The van der Waals surface area contributed by atoms with E-state index in [1.54, 1.807) is 0 Å². The molecule has 0 bridgehead atoms. The van der Waals surface area contributed by atoms with Crippen molar-refractivity contribution in [3.63, 3.8) is 0 Å². The molecule has 1 aliphatic rings. The molecule has 1 fully saturated rings. The Morgan fingerprint density at radius 3 is 2.86 bits per heavy atom. The first-order chi connectivity index (χ1) is 14.2. The van der Waals surface area contributed by atoms with E-state index in [4.69, 9.17) is 4.98 Å². The zero-order valence-corrected chi connectivity index (χ0v) is 17.9. The molecular weight excluding hydrogens is 362 g/mol. The van der Waals surface area contributed by atoms with Gasteiger partial charge in [-0.05, 0) is 31.7 Å². The van der Waals surface area contributed by atoms with Crippen LogP contribution in [0.25, 0.3) is 16.8 Å². The summed E-state index contributed by atoms with van der Waals surface area (Å²) >= 11 is 0. The minimum atomic E-state index is 0.448. The maximum absolute atomic E-state index is 5.07. The van der Waals surface area contributed by atoms with E-state index in [-0.39, 0.29) is 0 Å². The van der Waals surface area contributed by atoms with E-state index in [9.17, 15) is 0 Å². The van der Waals surface area contributed by atoms with Crippen LogP contribution in [0.3, 0.4) is 0 Å². The summed E-state index contributed by atoms with van der Waals surface area (Å²) in [5, 5.41) is 16.2. The van der Waals surface area contributed by atoms with Crippen molar-refractivity contribution in [1.29, 1.82) is 0 Å². The third-order valence-corrected chi connectivity index (χ3v) is 6.07. The van der Waals surface area contributed by atoms with E-state index in [0.717, 1.165) is 47.9 Å². The number of fused-ring (bicyclic) bond motifs is 1. The second kappa shape index (κ2) is 8.95. The van der Waals surface area contributed by atoms with Gasteiger partial charge in [-0.1, -0.05) is 26.7 Å². The van der Waals surface area contributed by atoms with Crippen LogP contribution in [0.1, 0.15) is 57.6 Å². The van der Waals surface area contributed by atoms with Gasteiger partial charge in [0.1, 0.15) is 5.82 Å². The van der Waals surface area contributed by atoms with Crippen LogP contribution in [0, 0.1) is 5.92 Å². The number of anilines is 1. The van der Waals surface area contributed by atoms with Crippen LogP contribution in [0.2, 0.25) is 0 Å². The van der Waals surface area contributed by atoms with E-state index in [1.165, 1.54) is 32.1 Å². The number of piperidine rings is 1. The van der Waals surface area contributed by atoms with E-state index < -0.39 is 0 Å². The van der Waals surface area contributed by atoms with Gasteiger partial charge in [-0.2, -0.15) is 14.7 Å². The summed E-state index contributed by atoms with van der Waals surface area (Å²) in [7, 11) is 1.94. The highest BCUT2D eigenvalue weighted by molar-refractivity contribution is 5.77. The van der Waals surface area contributed by atoms with E-state index >= 15 is 0 Å². The molecule has 1 saturated heterocycles. The SMILES string of the molecule is CCCC(CC)CNc1cc(C2CCCNC2)nc2c(-c3cnn(C)c3)cnn12. The molecule has 2 N–H and O–H groups in total. The Labute approximate surface area is 172 Å².